The Morgan fingerprint density at radius 1 is 0.889 bits per heavy atom. The van der Waals surface area contributed by atoms with Crippen LogP contribution in [0.5, 0.6) is 0 Å². The minimum atomic E-state index is 0.140. The molecule has 11 unspecified atom stereocenters. The molecule has 260 valence electrons. The van der Waals surface area contributed by atoms with Crippen LogP contribution in [0.1, 0.15) is 139 Å². The lowest BCUT2D eigenvalue weighted by Gasteiger charge is -2.56. The number of aliphatic hydroxyl groups is 1. The van der Waals surface area contributed by atoms with Gasteiger partial charge >= 0.3 is 0 Å². The predicted octanol–water partition coefficient (Wildman–Crippen LogP) is 10.5. The van der Waals surface area contributed by atoms with Crippen molar-refractivity contribution in [2.45, 2.75) is 144 Å². The van der Waals surface area contributed by atoms with Crippen molar-refractivity contribution in [1.82, 2.24) is 0 Å². The van der Waals surface area contributed by atoms with E-state index < -0.39 is 0 Å². The first-order valence-electron chi connectivity index (χ1n) is 18.6. The highest BCUT2D eigenvalue weighted by Gasteiger charge is 2.64. The summed E-state index contributed by atoms with van der Waals surface area (Å²) in [6.07, 6.45) is 22.0. The molecule has 45 heavy (non-hydrogen) atoms. The van der Waals surface area contributed by atoms with E-state index in [1.165, 1.54) is 89.0 Å². The monoisotopic (exact) mass is 648 g/mol. The van der Waals surface area contributed by atoms with Gasteiger partial charge in [-0.2, -0.15) is 0 Å². The maximum atomic E-state index is 10.4. The highest BCUT2D eigenvalue weighted by molar-refractivity contribution is 7.93. The second kappa shape index (κ2) is 13.7. The van der Waals surface area contributed by atoms with E-state index in [9.17, 15) is 5.11 Å². The SMILES string of the molecule is CC1=CC(C)C(CO)(C2C3CCC(C3)C2(C)C)CCC1.CC1CC2(C)CCCC1(C1C3CCC(C3)C1(C)C)CO2.CSOOO. The Morgan fingerprint density at radius 3 is 2.00 bits per heavy atom. The van der Waals surface area contributed by atoms with Gasteiger partial charge in [-0.05, 0) is 155 Å². The minimum Gasteiger partial charge on any atom is -0.396 e. The molecule has 2 N–H and O–H groups in total. The van der Waals surface area contributed by atoms with Crippen LogP contribution < -0.4 is 0 Å². The van der Waals surface area contributed by atoms with Crippen LogP contribution >= 0.6 is 12.0 Å². The molecule has 2 aliphatic heterocycles. The third kappa shape index (κ3) is 6.38. The maximum absolute atomic E-state index is 10.4. The van der Waals surface area contributed by atoms with Gasteiger partial charge in [0.2, 0.25) is 0 Å². The van der Waals surface area contributed by atoms with Gasteiger partial charge in [0.15, 0.2) is 0 Å². The molecule has 0 amide bonds. The third-order valence-electron chi connectivity index (χ3n) is 15.6. The topological polar surface area (TPSA) is 68.2 Å². The molecule has 6 bridgehead atoms. The summed E-state index contributed by atoms with van der Waals surface area (Å²) in [4.78, 5) is 0. The zero-order valence-electron chi connectivity index (χ0n) is 30.3. The van der Waals surface area contributed by atoms with Crippen LogP contribution in [0.2, 0.25) is 0 Å². The Morgan fingerprint density at radius 2 is 1.51 bits per heavy atom. The molecule has 0 aromatic rings. The van der Waals surface area contributed by atoms with Gasteiger partial charge in [0.1, 0.15) is 0 Å². The van der Waals surface area contributed by atoms with E-state index in [1.54, 1.807) is 6.26 Å². The fraction of sp³-hybridized carbons (Fsp3) is 0.949. The van der Waals surface area contributed by atoms with Crippen LogP contribution in [-0.4, -0.2) is 35.4 Å². The van der Waals surface area contributed by atoms with Gasteiger partial charge in [-0.25, -0.2) is 5.26 Å². The van der Waals surface area contributed by atoms with Gasteiger partial charge in [-0.15, -0.1) is 4.33 Å². The molecule has 7 fully saturated rings. The Hall–Kier alpha value is -0.110. The van der Waals surface area contributed by atoms with E-state index in [0.717, 1.165) is 60.1 Å². The number of aliphatic hydroxyl groups excluding tert-OH is 1. The van der Waals surface area contributed by atoms with Crippen LogP contribution in [0, 0.1) is 69.0 Å². The molecule has 0 radical (unpaired) electrons. The molecule has 2 heterocycles. The van der Waals surface area contributed by atoms with Gasteiger partial charge in [-0.1, -0.05) is 58.2 Å². The van der Waals surface area contributed by atoms with E-state index >= 15 is 0 Å². The van der Waals surface area contributed by atoms with Crippen molar-refractivity contribution in [3.05, 3.63) is 11.6 Å². The van der Waals surface area contributed by atoms with Crippen molar-refractivity contribution in [1.29, 1.82) is 0 Å². The average Bonchev–Trinajstić information content (AvgIpc) is 3.69. The van der Waals surface area contributed by atoms with E-state index in [-0.39, 0.29) is 11.0 Å². The molecule has 6 heteroatoms. The van der Waals surface area contributed by atoms with Crippen molar-refractivity contribution >= 4 is 12.0 Å². The molecular formula is C39H68O5S. The largest absolute Gasteiger partial charge is 0.396 e. The van der Waals surface area contributed by atoms with Gasteiger partial charge in [-0.3, -0.25) is 0 Å². The second-order valence-electron chi connectivity index (χ2n) is 18.4. The average molecular weight is 649 g/mol. The van der Waals surface area contributed by atoms with Crippen molar-refractivity contribution in [3.63, 3.8) is 0 Å². The standard InChI is InChI=1S/2C19H32O.CH4O3S/c1-13-11-18(4)8-5-9-19(13,12-20-18)16-14-6-7-15(10-14)17(16,2)3;1-13-6-5-9-19(12-20,14(2)10-13)17-15-7-8-16(11-15)18(17,3)4;1-5-4-3-2/h13-16H,5-12H2,1-4H3;10,14-17,20H,5-9,11-12H2,1-4H3;2H,1H3. The highest BCUT2D eigenvalue weighted by atomic mass is 32.2. The van der Waals surface area contributed by atoms with Gasteiger partial charge in [0.05, 0.1) is 12.2 Å². The normalized spacial score (nSPS) is 47.2. The molecule has 8 rings (SSSR count). The van der Waals surface area contributed by atoms with Crippen LogP contribution in [0.4, 0.5) is 0 Å². The van der Waals surface area contributed by atoms with E-state index in [1.807, 2.05) is 0 Å². The first-order chi connectivity index (χ1) is 21.2. The summed E-state index contributed by atoms with van der Waals surface area (Å²) < 4.78 is 10.3. The van der Waals surface area contributed by atoms with Crippen molar-refractivity contribution < 1.29 is 24.5 Å². The minimum absolute atomic E-state index is 0.140. The van der Waals surface area contributed by atoms with E-state index in [2.05, 4.69) is 70.8 Å². The predicted molar refractivity (Wildman–Crippen MR) is 185 cm³/mol. The Balaban J connectivity index is 0.000000155. The molecule has 5 nitrogen and oxygen atoms in total. The molecule has 0 aromatic heterocycles. The van der Waals surface area contributed by atoms with Gasteiger partial charge < -0.3 is 9.84 Å². The van der Waals surface area contributed by atoms with E-state index in [4.69, 9.17) is 9.99 Å². The lowest BCUT2D eigenvalue weighted by molar-refractivity contribution is -0.432. The number of hydrogen-bond donors (Lipinski definition) is 2. The lowest BCUT2D eigenvalue weighted by atomic mass is 9.52. The molecule has 6 aliphatic carbocycles. The van der Waals surface area contributed by atoms with Crippen LogP contribution in [0.3, 0.4) is 0 Å². The molecule has 0 spiro atoms. The highest BCUT2D eigenvalue weighted by Crippen LogP contribution is 2.70. The fourth-order valence-corrected chi connectivity index (χ4v) is 13.8. The van der Waals surface area contributed by atoms with Crippen LogP contribution in [0.15, 0.2) is 11.6 Å². The lowest BCUT2D eigenvalue weighted by Crippen LogP contribution is -2.54. The first kappa shape index (κ1) is 36.2. The fourth-order valence-electron chi connectivity index (χ4n) is 13.7. The molecule has 8 aliphatic rings. The Labute approximate surface area is 280 Å². The molecule has 5 saturated carbocycles. The van der Waals surface area contributed by atoms with Gasteiger partial charge in [0, 0.05) is 35.7 Å². The number of hydrogen-bond acceptors (Lipinski definition) is 6. The summed E-state index contributed by atoms with van der Waals surface area (Å²) in [7, 11) is 0. The quantitative estimate of drug-likeness (QED) is 0.134. The van der Waals surface area contributed by atoms with Crippen molar-refractivity contribution in [3.8, 4) is 0 Å². The zero-order chi connectivity index (χ0) is 32.8. The Kier molecular flexibility index (Phi) is 11.0. The van der Waals surface area contributed by atoms with Crippen LogP contribution in [-0.2, 0) is 14.1 Å². The van der Waals surface area contributed by atoms with E-state index in [0.29, 0.717) is 28.8 Å². The van der Waals surface area contributed by atoms with Crippen LogP contribution in [0.25, 0.3) is 0 Å². The molecule has 2 saturated heterocycles. The summed E-state index contributed by atoms with van der Waals surface area (Å²) in [6.45, 7) is 21.2. The van der Waals surface area contributed by atoms with Crippen molar-refractivity contribution in [2.24, 2.45) is 69.0 Å². The maximum Gasteiger partial charge on any atom is 0.0657 e. The van der Waals surface area contributed by atoms with Gasteiger partial charge in [0.25, 0.3) is 0 Å². The number of ether oxygens (including phenoxy) is 1. The summed E-state index contributed by atoms with van der Waals surface area (Å²) in [5.41, 5.74) is 3.35. The molecular weight excluding hydrogens is 580 g/mol. The smallest absolute Gasteiger partial charge is 0.0657 e. The number of fused-ring (bicyclic) bond motifs is 8. The Bertz CT molecular complexity index is 1040. The molecule has 0 aromatic carbocycles. The number of rotatable bonds is 5. The molecule has 11 atom stereocenters. The summed E-state index contributed by atoms with van der Waals surface area (Å²) in [5.74, 6) is 6.80. The van der Waals surface area contributed by atoms with Crippen molar-refractivity contribution in [2.75, 3.05) is 19.5 Å². The summed E-state index contributed by atoms with van der Waals surface area (Å²) >= 11 is 0.929. The zero-order valence-corrected chi connectivity index (χ0v) is 31.1. The summed E-state index contributed by atoms with van der Waals surface area (Å²) in [5, 5.41) is 20.9. The number of allylic oxidation sites excluding steroid dienone is 2. The third-order valence-corrected chi connectivity index (χ3v) is 15.8. The second-order valence-corrected chi connectivity index (χ2v) is 18.9. The first-order valence-corrected chi connectivity index (χ1v) is 19.8. The summed E-state index contributed by atoms with van der Waals surface area (Å²) in [6, 6.07) is 0.